The Morgan fingerprint density at radius 1 is 0.545 bits per heavy atom. The Morgan fingerprint density at radius 2 is 1.23 bits per heavy atom. The van der Waals surface area contributed by atoms with Crippen molar-refractivity contribution in [3.63, 3.8) is 0 Å². The molecule has 0 aromatic heterocycles. The molecule has 2 aromatic rings. The van der Waals surface area contributed by atoms with Crippen LogP contribution in [0.2, 0.25) is 0 Å². The second-order valence-electron chi connectivity index (χ2n) is 7.05. The molecule has 0 heterocycles. The van der Waals surface area contributed by atoms with Crippen LogP contribution in [-0.2, 0) is 19.3 Å². The quantitative estimate of drug-likeness (QED) is 0.470. The normalized spacial score (nSPS) is 18.0. The van der Waals surface area contributed by atoms with E-state index < -0.39 is 0 Å². The molecule has 0 aliphatic heterocycles. The molecule has 0 N–H and O–H groups in total. The van der Waals surface area contributed by atoms with Crippen LogP contribution < -0.4 is 0 Å². The van der Waals surface area contributed by atoms with E-state index >= 15 is 0 Å². The summed E-state index contributed by atoms with van der Waals surface area (Å²) in [6, 6.07) is 13.9. The molecule has 0 atom stereocenters. The maximum absolute atomic E-state index is 2.44. The molecule has 0 unspecified atom stereocenters. The first kappa shape index (κ1) is 14.1. The lowest BCUT2D eigenvalue weighted by Crippen LogP contribution is -1.99. The molecule has 0 radical (unpaired) electrons. The highest BCUT2D eigenvalue weighted by Gasteiger charge is 2.22. The van der Waals surface area contributed by atoms with Crippen LogP contribution in [-0.4, -0.2) is 0 Å². The van der Waals surface area contributed by atoms with Gasteiger partial charge in [0.25, 0.3) is 0 Å². The largest absolute Gasteiger partial charge is 0.0619 e. The van der Waals surface area contributed by atoms with Crippen LogP contribution in [0.25, 0.3) is 11.1 Å². The van der Waals surface area contributed by atoms with Gasteiger partial charge in [-0.2, -0.15) is 0 Å². The predicted octanol–water partition coefficient (Wildman–Crippen LogP) is 6.09. The lowest BCUT2D eigenvalue weighted by Gasteiger charge is -2.15. The minimum Gasteiger partial charge on any atom is -0.0619 e. The van der Waals surface area contributed by atoms with Crippen LogP contribution in [0.1, 0.15) is 67.2 Å². The fraction of sp³-hybridized carbons (Fsp3) is 0.455. The van der Waals surface area contributed by atoms with Crippen LogP contribution in [0.5, 0.6) is 0 Å². The lowest BCUT2D eigenvalue weighted by atomic mass is 9.89. The monoisotopic (exact) mass is 290 g/mol. The average Bonchev–Trinajstić information content (AvgIpc) is 2.90. The van der Waals surface area contributed by atoms with E-state index in [-0.39, 0.29) is 0 Å². The van der Waals surface area contributed by atoms with Gasteiger partial charge in [0.2, 0.25) is 0 Å². The molecule has 0 nitrogen and oxygen atoms in total. The third-order valence-electron chi connectivity index (χ3n) is 5.54. The third-order valence-corrected chi connectivity index (χ3v) is 5.54. The number of rotatable bonds is 0. The molecule has 0 amide bonds. The van der Waals surface area contributed by atoms with Gasteiger partial charge in [0, 0.05) is 0 Å². The molecule has 0 saturated carbocycles. The van der Waals surface area contributed by atoms with Gasteiger partial charge in [0.1, 0.15) is 0 Å². The van der Waals surface area contributed by atoms with Crippen molar-refractivity contribution in [2.24, 2.45) is 0 Å². The maximum Gasteiger partial charge on any atom is -0.00133 e. The summed E-state index contributed by atoms with van der Waals surface area (Å²) in [5, 5.41) is 0. The first-order valence-electron chi connectivity index (χ1n) is 9.15. The topological polar surface area (TPSA) is 0 Å². The highest BCUT2D eigenvalue weighted by molar-refractivity contribution is 5.80. The fourth-order valence-electron chi connectivity index (χ4n) is 4.37. The summed E-state index contributed by atoms with van der Waals surface area (Å²) in [4.78, 5) is 0. The van der Waals surface area contributed by atoms with E-state index in [1.54, 1.807) is 22.3 Å². The fourth-order valence-corrected chi connectivity index (χ4v) is 4.37. The zero-order chi connectivity index (χ0) is 14.8. The van der Waals surface area contributed by atoms with Gasteiger partial charge < -0.3 is 0 Å². The lowest BCUT2D eigenvalue weighted by molar-refractivity contribution is 0.587. The Morgan fingerprint density at radius 3 is 2.09 bits per heavy atom. The van der Waals surface area contributed by atoms with Crippen LogP contribution in [0.3, 0.4) is 0 Å². The Labute approximate surface area is 134 Å². The van der Waals surface area contributed by atoms with Gasteiger partial charge in [-0.3, -0.25) is 0 Å². The minimum absolute atomic E-state index is 1.14. The first-order chi connectivity index (χ1) is 10.9. The van der Waals surface area contributed by atoms with Gasteiger partial charge in [-0.1, -0.05) is 68.5 Å². The Bertz CT molecular complexity index is 666. The van der Waals surface area contributed by atoms with Crippen molar-refractivity contribution in [2.75, 3.05) is 0 Å². The van der Waals surface area contributed by atoms with Gasteiger partial charge in [0.15, 0.2) is 0 Å². The van der Waals surface area contributed by atoms with Crippen molar-refractivity contribution in [2.45, 2.75) is 64.2 Å². The van der Waals surface area contributed by atoms with Crippen molar-refractivity contribution in [1.82, 2.24) is 0 Å². The smallest absolute Gasteiger partial charge is 0.00133 e. The third kappa shape index (κ3) is 2.60. The number of benzene rings is 2. The second-order valence-corrected chi connectivity index (χ2v) is 7.05. The van der Waals surface area contributed by atoms with E-state index in [1.165, 1.54) is 68.9 Å². The van der Waals surface area contributed by atoms with E-state index in [2.05, 4.69) is 36.4 Å². The van der Waals surface area contributed by atoms with E-state index in [4.69, 9.17) is 0 Å². The maximum atomic E-state index is 2.44. The Balaban J connectivity index is 1.77. The van der Waals surface area contributed by atoms with E-state index in [0.717, 1.165) is 6.42 Å². The van der Waals surface area contributed by atoms with Crippen molar-refractivity contribution >= 4 is 0 Å². The zero-order valence-electron chi connectivity index (χ0n) is 13.5. The minimum atomic E-state index is 1.14. The van der Waals surface area contributed by atoms with Gasteiger partial charge in [-0.25, -0.2) is 0 Å². The van der Waals surface area contributed by atoms with Crippen LogP contribution in [0, 0.1) is 0 Å². The first-order valence-corrected chi connectivity index (χ1v) is 9.15. The summed E-state index contributed by atoms with van der Waals surface area (Å²) in [5.74, 6) is 0. The number of hydrogen-bond donors (Lipinski definition) is 0. The molecule has 0 heteroatoms. The van der Waals surface area contributed by atoms with E-state index in [0.29, 0.717) is 0 Å². The van der Waals surface area contributed by atoms with Crippen LogP contribution >= 0.6 is 0 Å². The van der Waals surface area contributed by atoms with Crippen molar-refractivity contribution in [3.8, 4) is 11.1 Å². The molecule has 0 bridgehead atoms. The summed E-state index contributed by atoms with van der Waals surface area (Å²) in [6.45, 7) is 0. The molecule has 0 saturated heterocycles. The van der Waals surface area contributed by atoms with E-state index in [1.807, 2.05) is 0 Å². The summed E-state index contributed by atoms with van der Waals surface area (Å²) >= 11 is 0. The predicted molar refractivity (Wildman–Crippen MR) is 94.4 cm³/mol. The molecule has 2 aromatic carbocycles. The molecule has 2 aliphatic rings. The molecular weight excluding hydrogens is 264 g/mol. The van der Waals surface area contributed by atoms with Crippen LogP contribution in [0.4, 0.5) is 0 Å². The number of aryl methyl sites for hydroxylation is 1. The summed E-state index contributed by atoms with van der Waals surface area (Å²) in [6.07, 6.45) is 13.6. The van der Waals surface area contributed by atoms with Gasteiger partial charge in [0.05, 0.1) is 0 Å². The van der Waals surface area contributed by atoms with Gasteiger partial charge in [-0.15, -0.1) is 0 Å². The molecular formula is C22H26. The highest BCUT2D eigenvalue weighted by Crippen LogP contribution is 2.41. The SMILES string of the molecule is c1ccc2c(c1)Cc1ccc3c(c1-2)CCCCCCCCC3. The summed E-state index contributed by atoms with van der Waals surface area (Å²) < 4.78 is 0. The van der Waals surface area contributed by atoms with Gasteiger partial charge >= 0.3 is 0 Å². The molecule has 0 spiro atoms. The number of fused-ring (bicyclic) bond motifs is 5. The molecule has 22 heavy (non-hydrogen) atoms. The molecule has 4 rings (SSSR count). The number of hydrogen-bond acceptors (Lipinski definition) is 0. The summed E-state index contributed by atoms with van der Waals surface area (Å²) in [7, 11) is 0. The Hall–Kier alpha value is -1.56. The van der Waals surface area contributed by atoms with Crippen LogP contribution in [0.15, 0.2) is 36.4 Å². The highest BCUT2D eigenvalue weighted by atomic mass is 14.3. The van der Waals surface area contributed by atoms with Crippen molar-refractivity contribution < 1.29 is 0 Å². The Kier molecular flexibility index (Phi) is 4.01. The zero-order valence-corrected chi connectivity index (χ0v) is 13.5. The molecule has 0 fully saturated rings. The van der Waals surface area contributed by atoms with E-state index in [9.17, 15) is 0 Å². The average molecular weight is 290 g/mol. The van der Waals surface area contributed by atoms with Gasteiger partial charge in [-0.05, 0) is 65.5 Å². The summed E-state index contributed by atoms with van der Waals surface area (Å²) in [5.41, 5.74) is 9.54. The second kappa shape index (κ2) is 6.28. The van der Waals surface area contributed by atoms with Crippen molar-refractivity contribution in [1.29, 1.82) is 0 Å². The molecule has 114 valence electrons. The van der Waals surface area contributed by atoms with Crippen molar-refractivity contribution in [3.05, 3.63) is 58.7 Å². The standard InChI is InChI=1S/C22H26/c1-2-4-6-10-17-14-15-19-16-18-11-8-9-13-21(18)22(19)20(17)12-7-5-3-1/h8-9,11,13-15H,1-7,10,12,16H2. The molecule has 2 aliphatic carbocycles.